The lowest BCUT2D eigenvalue weighted by Crippen LogP contribution is -2.57. The van der Waals surface area contributed by atoms with Gasteiger partial charge in [0.2, 0.25) is 17.7 Å². The summed E-state index contributed by atoms with van der Waals surface area (Å²) in [6, 6.07) is 16.8. The molecule has 7 atom stereocenters. The van der Waals surface area contributed by atoms with E-state index in [0.717, 1.165) is 30.4 Å². The van der Waals surface area contributed by atoms with Crippen molar-refractivity contribution in [2.75, 3.05) is 11.9 Å². The normalized spacial score (nSPS) is 32.8. The van der Waals surface area contributed by atoms with Gasteiger partial charge in [0.05, 0.1) is 17.9 Å². The molecule has 3 aliphatic heterocycles. The van der Waals surface area contributed by atoms with Crippen molar-refractivity contribution >= 4 is 23.4 Å². The molecule has 1 saturated carbocycles. The number of ether oxygens (including phenoxy) is 1. The van der Waals surface area contributed by atoms with Crippen LogP contribution in [0, 0.1) is 24.7 Å². The number of carbonyl (C=O) groups is 3. The molecule has 7 nitrogen and oxygen atoms in total. The SMILES string of the molecule is Cc1cccc(NC(=O)[C@@H]2[C@@H]3C=C[C@]4(O3)[C@@H]2C(=O)N(CCc2ccccc2)[C@H]4C(=O)N[C@@H]2CCCC[C@@H]2C)c1. The first-order valence-corrected chi connectivity index (χ1v) is 14.3. The summed E-state index contributed by atoms with van der Waals surface area (Å²) >= 11 is 0. The molecular formula is C32H37N3O4. The molecule has 3 fully saturated rings. The van der Waals surface area contributed by atoms with Gasteiger partial charge in [0.25, 0.3) is 0 Å². The van der Waals surface area contributed by atoms with Gasteiger partial charge in [-0.1, -0.05) is 74.4 Å². The Kier molecular flexibility index (Phi) is 6.79. The number of anilines is 1. The van der Waals surface area contributed by atoms with Crippen LogP contribution in [-0.4, -0.2) is 53.0 Å². The molecule has 7 heteroatoms. The molecule has 2 N–H and O–H groups in total. The molecule has 2 bridgehead atoms. The molecule has 2 saturated heterocycles. The first-order chi connectivity index (χ1) is 18.9. The van der Waals surface area contributed by atoms with Crippen LogP contribution in [0.1, 0.15) is 43.7 Å². The fraction of sp³-hybridized carbons (Fsp3) is 0.469. The largest absolute Gasteiger partial charge is 0.359 e. The molecule has 204 valence electrons. The molecule has 1 aliphatic carbocycles. The van der Waals surface area contributed by atoms with E-state index in [2.05, 4.69) is 17.6 Å². The van der Waals surface area contributed by atoms with Gasteiger partial charge in [-0.25, -0.2) is 0 Å². The number of nitrogens with one attached hydrogen (secondary N) is 2. The van der Waals surface area contributed by atoms with Crippen LogP contribution < -0.4 is 10.6 Å². The smallest absolute Gasteiger partial charge is 0.246 e. The highest BCUT2D eigenvalue weighted by atomic mass is 16.5. The van der Waals surface area contributed by atoms with Gasteiger partial charge in [-0.05, 0) is 55.4 Å². The Morgan fingerprint density at radius 2 is 1.85 bits per heavy atom. The second kappa shape index (κ2) is 10.3. The van der Waals surface area contributed by atoms with E-state index in [1.165, 1.54) is 6.42 Å². The van der Waals surface area contributed by atoms with Crippen LogP contribution in [0.5, 0.6) is 0 Å². The second-order valence-corrected chi connectivity index (χ2v) is 11.7. The molecular weight excluding hydrogens is 490 g/mol. The monoisotopic (exact) mass is 527 g/mol. The minimum absolute atomic E-state index is 0.0794. The maximum Gasteiger partial charge on any atom is 0.246 e. The number of carbonyl (C=O) groups excluding carboxylic acids is 3. The van der Waals surface area contributed by atoms with Crippen molar-refractivity contribution in [1.82, 2.24) is 10.2 Å². The molecule has 3 amide bonds. The third kappa shape index (κ3) is 4.56. The second-order valence-electron chi connectivity index (χ2n) is 11.7. The highest BCUT2D eigenvalue weighted by molar-refractivity contribution is 6.02. The first kappa shape index (κ1) is 25.8. The van der Waals surface area contributed by atoms with Crippen molar-refractivity contribution in [3.63, 3.8) is 0 Å². The van der Waals surface area contributed by atoms with Gasteiger partial charge in [-0.15, -0.1) is 0 Å². The number of benzene rings is 2. The molecule has 4 aliphatic rings. The fourth-order valence-corrected chi connectivity index (χ4v) is 7.14. The lowest BCUT2D eigenvalue weighted by Gasteiger charge is -2.36. The maximum absolute atomic E-state index is 14.1. The van der Waals surface area contributed by atoms with Gasteiger partial charge in [0.1, 0.15) is 11.6 Å². The van der Waals surface area contributed by atoms with Crippen molar-refractivity contribution in [3.05, 3.63) is 77.9 Å². The van der Waals surface area contributed by atoms with E-state index >= 15 is 0 Å². The third-order valence-electron chi connectivity index (χ3n) is 9.13. The Morgan fingerprint density at radius 1 is 1.05 bits per heavy atom. The number of aryl methyl sites for hydroxylation is 1. The molecule has 1 spiro atoms. The summed E-state index contributed by atoms with van der Waals surface area (Å²) in [6.07, 6.45) is 8.12. The van der Waals surface area contributed by atoms with E-state index in [4.69, 9.17) is 4.74 Å². The van der Waals surface area contributed by atoms with Gasteiger partial charge in [0, 0.05) is 18.3 Å². The van der Waals surface area contributed by atoms with Gasteiger partial charge >= 0.3 is 0 Å². The first-order valence-electron chi connectivity index (χ1n) is 14.3. The zero-order chi connectivity index (χ0) is 27.1. The van der Waals surface area contributed by atoms with Crippen molar-refractivity contribution in [2.24, 2.45) is 17.8 Å². The standard InChI is InChI=1S/C32H37N3O4/c1-20-9-8-13-23(19-20)33-29(36)26-25-15-17-32(39-25)27(26)31(38)35(18-16-22-11-4-3-5-12-22)28(32)30(37)34-24-14-7-6-10-21(24)2/h3-5,8-9,11-13,15,17,19,21,24-28H,6-7,10,14,16,18H2,1-2H3,(H,33,36)(H,34,37)/t21-,24+,25-,26+,27-,28-,32-/m0/s1. The number of hydrogen-bond acceptors (Lipinski definition) is 4. The molecule has 0 aromatic heterocycles. The summed E-state index contributed by atoms with van der Waals surface area (Å²) in [5.41, 5.74) is 1.67. The van der Waals surface area contributed by atoms with Crippen molar-refractivity contribution < 1.29 is 19.1 Å². The van der Waals surface area contributed by atoms with Crippen molar-refractivity contribution in [2.45, 2.75) is 69.7 Å². The molecule has 6 rings (SSSR count). The minimum Gasteiger partial charge on any atom is -0.359 e. The topological polar surface area (TPSA) is 87.7 Å². The number of nitrogens with zero attached hydrogens (tertiary/aromatic N) is 1. The highest BCUT2D eigenvalue weighted by Crippen LogP contribution is 2.55. The summed E-state index contributed by atoms with van der Waals surface area (Å²) < 4.78 is 6.49. The quantitative estimate of drug-likeness (QED) is 0.533. The predicted octanol–water partition coefficient (Wildman–Crippen LogP) is 4.02. The fourth-order valence-electron chi connectivity index (χ4n) is 7.14. The van der Waals surface area contributed by atoms with Gasteiger partial charge in [-0.2, -0.15) is 0 Å². The van der Waals surface area contributed by atoms with Gasteiger partial charge in [0.15, 0.2) is 0 Å². The lowest BCUT2D eigenvalue weighted by atomic mass is 9.74. The Bertz CT molecular complexity index is 1290. The summed E-state index contributed by atoms with van der Waals surface area (Å²) in [4.78, 5) is 43.5. The molecule has 0 radical (unpaired) electrons. The third-order valence-corrected chi connectivity index (χ3v) is 9.13. The zero-order valence-electron chi connectivity index (χ0n) is 22.6. The van der Waals surface area contributed by atoms with E-state index in [-0.39, 0.29) is 23.8 Å². The van der Waals surface area contributed by atoms with Crippen LogP contribution in [0.4, 0.5) is 5.69 Å². The molecule has 0 unspecified atom stereocenters. The predicted molar refractivity (Wildman–Crippen MR) is 149 cm³/mol. The lowest BCUT2D eigenvalue weighted by molar-refractivity contribution is -0.141. The molecule has 2 aromatic carbocycles. The average molecular weight is 528 g/mol. The van der Waals surface area contributed by atoms with Gasteiger partial charge in [-0.3, -0.25) is 14.4 Å². The van der Waals surface area contributed by atoms with Crippen LogP contribution in [-0.2, 0) is 25.5 Å². The van der Waals surface area contributed by atoms with E-state index in [1.54, 1.807) is 4.90 Å². The summed E-state index contributed by atoms with van der Waals surface area (Å²) in [6.45, 7) is 4.53. The van der Waals surface area contributed by atoms with E-state index < -0.39 is 29.6 Å². The maximum atomic E-state index is 14.1. The van der Waals surface area contributed by atoms with E-state index in [0.29, 0.717) is 24.6 Å². The van der Waals surface area contributed by atoms with Crippen LogP contribution in [0.15, 0.2) is 66.7 Å². The zero-order valence-corrected chi connectivity index (χ0v) is 22.6. The van der Waals surface area contributed by atoms with Crippen LogP contribution >= 0.6 is 0 Å². The highest BCUT2D eigenvalue weighted by Gasteiger charge is 2.72. The summed E-state index contributed by atoms with van der Waals surface area (Å²) in [7, 11) is 0. The number of rotatable bonds is 7. The number of hydrogen-bond donors (Lipinski definition) is 2. The average Bonchev–Trinajstić information content (AvgIpc) is 3.56. The van der Waals surface area contributed by atoms with Crippen molar-refractivity contribution in [1.29, 1.82) is 0 Å². The number of amides is 3. The number of fused-ring (bicyclic) bond motifs is 1. The van der Waals surface area contributed by atoms with E-state index in [9.17, 15) is 14.4 Å². The minimum atomic E-state index is -1.14. The molecule has 3 heterocycles. The van der Waals surface area contributed by atoms with Crippen LogP contribution in [0.25, 0.3) is 0 Å². The Labute approximate surface area is 230 Å². The molecule has 39 heavy (non-hydrogen) atoms. The Hall–Kier alpha value is -3.45. The molecule has 2 aromatic rings. The summed E-state index contributed by atoms with van der Waals surface area (Å²) in [5, 5.41) is 6.30. The van der Waals surface area contributed by atoms with Crippen molar-refractivity contribution in [3.8, 4) is 0 Å². The Balaban J connectivity index is 1.30. The van der Waals surface area contributed by atoms with Crippen LogP contribution in [0.3, 0.4) is 0 Å². The number of likely N-dealkylation sites (tertiary alicyclic amines) is 1. The van der Waals surface area contributed by atoms with Gasteiger partial charge < -0.3 is 20.3 Å². The van der Waals surface area contributed by atoms with Crippen LogP contribution in [0.2, 0.25) is 0 Å². The van der Waals surface area contributed by atoms with E-state index in [1.807, 2.05) is 73.7 Å². The Morgan fingerprint density at radius 3 is 2.62 bits per heavy atom. The summed E-state index contributed by atoms with van der Waals surface area (Å²) in [5.74, 6) is -1.67.